The van der Waals surface area contributed by atoms with E-state index in [0.717, 1.165) is 12.8 Å². The fourth-order valence-electron chi connectivity index (χ4n) is 2.03. The van der Waals surface area contributed by atoms with Gasteiger partial charge < -0.3 is 0 Å². The van der Waals surface area contributed by atoms with Crippen molar-refractivity contribution in [2.45, 2.75) is 12.8 Å². The number of halogens is 2. The Morgan fingerprint density at radius 2 is 1.11 bits per heavy atom. The molecule has 0 atom stereocenters. The van der Waals surface area contributed by atoms with Crippen LogP contribution in [-0.2, 0) is 0 Å². The molecular formula is C6H16F2N7P3. The van der Waals surface area contributed by atoms with Gasteiger partial charge in [-0.3, -0.25) is 20.3 Å². The SMILES string of the molecule is FP1(F)=NP2(=NP3(=N1)NCCCN3)NCCCN2. The van der Waals surface area contributed by atoms with Gasteiger partial charge in [-0.1, -0.05) is 0 Å². The van der Waals surface area contributed by atoms with E-state index in [9.17, 15) is 8.39 Å². The van der Waals surface area contributed by atoms with Crippen LogP contribution in [-0.4, -0.2) is 26.2 Å². The fraction of sp³-hybridized carbons (Fsp3) is 1.00. The van der Waals surface area contributed by atoms with Gasteiger partial charge in [-0.25, -0.2) is 0 Å². The van der Waals surface area contributed by atoms with E-state index in [1.54, 1.807) is 0 Å². The van der Waals surface area contributed by atoms with E-state index in [-0.39, 0.29) is 0 Å². The molecule has 0 aliphatic carbocycles. The summed E-state index contributed by atoms with van der Waals surface area (Å²) in [4.78, 5) is 0. The van der Waals surface area contributed by atoms with Gasteiger partial charge in [0.1, 0.15) is 0 Å². The second kappa shape index (κ2) is 4.74. The van der Waals surface area contributed by atoms with E-state index >= 15 is 0 Å². The smallest absolute Gasteiger partial charge is 0.253 e. The maximum absolute atomic E-state index is 13.9. The molecule has 0 saturated carbocycles. The lowest BCUT2D eigenvalue weighted by Crippen LogP contribution is -2.34. The molecule has 18 heavy (non-hydrogen) atoms. The summed E-state index contributed by atoms with van der Waals surface area (Å²) in [5, 5.41) is 12.3. The Balaban J connectivity index is 2.10. The molecule has 3 rings (SSSR count). The Labute approximate surface area is 105 Å². The molecule has 104 valence electrons. The van der Waals surface area contributed by atoms with Crippen LogP contribution >= 0.6 is 22.8 Å². The lowest BCUT2D eigenvalue weighted by molar-refractivity contribution is 0.689. The lowest BCUT2D eigenvalue weighted by atomic mass is 10.4. The van der Waals surface area contributed by atoms with Crippen molar-refractivity contribution in [3.8, 4) is 0 Å². The maximum Gasteiger partial charge on any atom is 0.421 e. The monoisotopic (exact) mass is 317 g/mol. The first-order valence-corrected chi connectivity index (χ1v) is 10.7. The zero-order chi connectivity index (χ0) is 12.7. The highest BCUT2D eigenvalue weighted by Crippen LogP contribution is 2.75. The highest BCUT2D eigenvalue weighted by atomic mass is 31.3. The molecular weight excluding hydrogens is 301 g/mol. The van der Waals surface area contributed by atoms with E-state index in [0.29, 0.717) is 26.2 Å². The highest BCUT2D eigenvalue weighted by Gasteiger charge is 2.38. The lowest BCUT2D eigenvalue weighted by Gasteiger charge is -2.36. The molecule has 0 aromatic carbocycles. The van der Waals surface area contributed by atoms with Crippen LogP contribution in [0, 0.1) is 0 Å². The van der Waals surface area contributed by atoms with Gasteiger partial charge in [0.15, 0.2) is 0 Å². The van der Waals surface area contributed by atoms with Crippen molar-refractivity contribution in [1.82, 2.24) is 20.3 Å². The summed E-state index contributed by atoms with van der Waals surface area (Å²) in [6.07, 6.45) is 1.81. The molecule has 2 fully saturated rings. The molecule has 0 unspecified atom stereocenters. The Morgan fingerprint density at radius 1 is 0.667 bits per heavy atom. The summed E-state index contributed by atoms with van der Waals surface area (Å²) in [5.74, 6) is 0. The predicted octanol–water partition coefficient (Wildman–Crippen LogP) is 2.94. The number of rotatable bonds is 0. The van der Waals surface area contributed by atoms with Crippen molar-refractivity contribution < 1.29 is 8.39 Å². The summed E-state index contributed by atoms with van der Waals surface area (Å²) < 4.78 is 39.6. The predicted molar refractivity (Wildman–Crippen MR) is 71.5 cm³/mol. The largest absolute Gasteiger partial charge is 0.421 e. The van der Waals surface area contributed by atoms with E-state index in [1.807, 2.05) is 0 Å². The zero-order valence-electron chi connectivity index (χ0n) is 9.68. The normalized spacial score (nSPS) is 32.3. The topological polar surface area (TPSA) is 85.2 Å². The molecule has 3 aliphatic heterocycles. The third kappa shape index (κ3) is 2.63. The van der Waals surface area contributed by atoms with Crippen LogP contribution in [0.15, 0.2) is 13.5 Å². The molecule has 3 aliphatic rings. The average Bonchev–Trinajstić information content (AvgIpc) is 2.27. The van der Waals surface area contributed by atoms with Gasteiger partial charge in [-0.2, -0.15) is 13.5 Å². The van der Waals surface area contributed by atoms with Crippen LogP contribution in [0.3, 0.4) is 0 Å². The Bertz CT molecular complexity index is 474. The van der Waals surface area contributed by atoms with Crippen LogP contribution in [0.25, 0.3) is 0 Å². The maximum atomic E-state index is 13.9. The van der Waals surface area contributed by atoms with Crippen molar-refractivity contribution in [3.63, 3.8) is 0 Å². The highest BCUT2D eigenvalue weighted by molar-refractivity contribution is 7.81. The summed E-state index contributed by atoms with van der Waals surface area (Å²) in [5.41, 5.74) is 0. The van der Waals surface area contributed by atoms with Gasteiger partial charge >= 0.3 is 7.83 Å². The van der Waals surface area contributed by atoms with Gasteiger partial charge in [0.05, 0.1) is 0 Å². The summed E-state index contributed by atoms with van der Waals surface area (Å²) in [7, 11) is -9.92. The van der Waals surface area contributed by atoms with Crippen LogP contribution in [0.4, 0.5) is 8.39 Å². The minimum atomic E-state index is -4.60. The van der Waals surface area contributed by atoms with Crippen molar-refractivity contribution in [3.05, 3.63) is 0 Å². The van der Waals surface area contributed by atoms with Gasteiger partial charge in [-0.05, 0) is 12.8 Å². The molecule has 7 nitrogen and oxygen atoms in total. The number of hydrogen-bond acceptors (Lipinski definition) is 7. The molecule has 4 N–H and O–H groups in total. The van der Waals surface area contributed by atoms with Gasteiger partial charge in [0.2, 0.25) is 15.0 Å². The first-order valence-electron chi connectivity index (χ1n) is 5.85. The first-order chi connectivity index (χ1) is 8.54. The third-order valence-electron chi connectivity index (χ3n) is 2.77. The van der Waals surface area contributed by atoms with E-state index < -0.39 is 22.8 Å². The van der Waals surface area contributed by atoms with E-state index in [4.69, 9.17) is 0 Å². The molecule has 0 aromatic rings. The molecule has 0 amide bonds. The number of nitrogens with zero attached hydrogens (tertiary/aromatic N) is 3. The van der Waals surface area contributed by atoms with Crippen molar-refractivity contribution in [2.75, 3.05) is 26.2 Å². The number of hydrogen-bond donors (Lipinski definition) is 4. The Hall–Kier alpha value is 0.390. The summed E-state index contributed by atoms with van der Waals surface area (Å²) >= 11 is 0. The molecule has 12 heteroatoms. The standard InChI is InChI=1S/C6H16F2N7P3/c7-16(8)13-17(9-3-1-4-10-17)15-18(14-16)11-5-2-6-12-18/h9-12H,1-6H2. The second-order valence-corrected chi connectivity index (χ2v) is 11.0. The molecule has 0 bridgehead atoms. The third-order valence-corrected chi connectivity index (χ3v) is 11.3. The summed E-state index contributed by atoms with van der Waals surface area (Å²) in [6.45, 7) is 2.70. The minimum Gasteiger partial charge on any atom is -0.253 e. The van der Waals surface area contributed by atoms with Crippen LogP contribution < -0.4 is 20.3 Å². The molecule has 2 spiro atoms. The second-order valence-electron chi connectivity index (χ2n) is 4.27. The molecule has 3 heterocycles. The van der Waals surface area contributed by atoms with Gasteiger partial charge in [0, 0.05) is 26.2 Å². The quantitative estimate of drug-likeness (QED) is 0.518. The zero-order valence-corrected chi connectivity index (χ0v) is 12.4. The van der Waals surface area contributed by atoms with Crippen LogP contribution in [0.1, 0.15) is 12.8 Å². The average molecular weight is 317 g/mol. The molecule has 0 aromatic heterocycles. The van der Waals surface area contributed by atoms with Gasteiger partial charge in [-0.15, -0.1) is 8.39 Å². The molecule has 0 radical (unpaired) electrons. The van der Waals surface area contributed by atoms with Crippen LogP contribution in [0.2, 0.25) is 0 Å². The summed E-state index contributed by atoms with van der Waals surface area (Å²) in [6, 6.07) is 0. The number of nitrogens with one attached hydrogen (secondary N) is 4. The fourth-order valence-corrected chi connectivity index (χ4v) is 11.5. The Morgan fingerprint density at radius 3 is 1.61 bits per heavy atom. The van der Waals surface area contributed by atoms with Crippen molar-refractivity contribution in [1.29, 1.82) is 0 Å². The van der Waals surface area contributed by atoms with Crippen molar-refractivity contribution in [2.24, 2.45) is 13.5 Å². The van der Waals surface area contributed by atoms with E-state index in [1.165, 1.54) is 0 Å². The molecule has 2 saturated heterocycles. The minimum absolute atomic E-state index is 0.674. The Kier molecular flexibility index (Phi) is 3.52. The van der Waals surface area contributed by atoms with E-state index in [2.05, 4.69) is 33.9 Å². The first kappa shape index (κ1) is 13.4. The van der Waals surface area contributed by atoms with Crippen LogP contribution in [0.5, 0.6) is 0 Å². The van der Waals surface area contributed by atoms with Gasteiger partial charge in [0.25, 0.3) is 0 Å². The van der Waals surface area contributed by atoms with Crippen molar-refractivity contribution >= 4 is 22.8 Å².